The number of furan rings is 1. The lowest BCUT2D eigenvalue weighted by atomic mass is 10.2. The van der Waals surface area contributed by atoms with Gasteiger partial charge in [-0.1, -0.05) is 31.0 Å². The molecule has 6 nitrogen and oxygen atoms in total. The van der Waals surface area contributed by atoms with Gasteiger partial charge in [0, 0.05) is 12.1 Å². The van der Waals surface area contributed by atoms with E-state index in [1.807, 2.05) is 26.8 Å². The number of aromatic nitrogens is 1. The van der Waals surface area contributed by atoms with Crippen LogP contribution in [0.1, 0.15) is 48.8 Å². The summed E-state index contributed by atoms with van der Waals surface area (Å²) in [5, 5.41) is 2.88. The van der Waals surface area contributed by atoms with E-state index in [2.05, 4.69) is 5.32 Å². The SMILES string of the molecule is CCCCC(=O)Nc1c(S(=O)(=O)c2ccc(C)cc2)c(C)c(C)n1Cc1ccco1. The van der Waals surface area contributed by atoms with Gasteiger partial charge >= 0.3 is 0 Å². The maximum Gasteiger partial charge on any atom is 0.225 e. The summed E-state index contributed by atoms with van der Waals surface area (Å²) in [7, 11) is -3.83. The number of benzene rings is 1. The van der Waals surface area contributed by atoms with Crippen LogP contribution in [0.4, 0.5) is 5.82 Å². The summed E-state index contributed by atoms with van der Waals surface area (Å²) >= 11 is 0. The summed E-state index contributed by atoms with van der Waals surface area (Å²) in [4.78, 5) is 12.9. The van der Waals surface area contributed by atoms with Crippen LogP contribution in [0.3, 0.4) is 0 Å². The number of sulfone groups is 1. The van der Waals surface area contributed by atoms with Crippen LogP contribution < -0.4 is 5.32 Å². The quantitative estimate of drug-likeness (QED) is 0.546. The number of unbranched alkanes of at least 4 members (excludes halogenated alkanes) is 1. The molecule has 1 amide bonds. The lowest BCUT2D eigenvalue weighted by Gasteiger charge is -2.14. The van der Waals surface area contributed by atoms with Crippen LogP contribution in [0.25, 0.3) is 0 Å². The fourth-order valence-corrected chi connectivity index (χ4v) is 5.11. The second-order valence-electron chi connectivity index (χ2n) is 7.52. The fraction of sp³-hybridized carbons (Fsp3) is 0.348. The van der Waals surface area contributed by atoms with Gasteiger partial charge in [-0.15, -0.1) is 0 Å². The van der Waals surface area contributed by atoms with Gasteiger partial charge in [0.1, 0.15) is 16.5 Å². The molecule has 160 valence electrons. The summed E-state index contributed by atoms with van der Waals surface area (Å²) in [6.07, 6.45) is 3.53. The maximum absolute atomic E-state index is 13.6. The first-order valence-corrected chi connectivity index (χ1v) is 11.6. The normalized spacial score (nSPS) is 11.6. The number of anilines is 1. The predicted molar refractivity (Wildman–Crippen MR) is 117 cm³/mol. The van der Waals surface area contributed by atoms with E-state index < -0.39 is 9.84 Å². The van der Waals surface area contributed by atoms with Gasteiger partial charge in [-0.3, -0.25) is 4.79 Å². The van der Waals surface area contributed by atoms with Gasteiger partial charge in [0.25, 0.3) is 0 Å². The van der Waals surface area contributed by atoms with Gasteiger partial charge in [0.15, 0.2) is 0 Å². The van der Waals surface area contributed by atoms with Crippen LogP contribution in [0.5, 0.6) is 0 Å². The second-order valence-corrected chi connectivity index (χ2v) is 9.41. The number of aryl methyl sites for hydroxylation is 1. The minimum atomic E-state index is -3.83. The summed E-state index contributed by atoms with van der Waals surface area (Å²) in [5.41, 5.74) is 2.36. The molecule has 3 rings (SSSR count). The van der Waals surface area contributed by atoms with Gasteiger partial charge in [-0.05, 0) is 57.0 Å². The predicted octanol–water partition coefficient (Wildman–Crippen LogP) is 5.02. The van der Waals surface area contributed by atoms with E-state index in [-0.39, 0.29) is 15.7 Å². The van der Waals surface area contributed by atoms with Crippen molar-refractivity contribution < 1.29 is 17.6 Å². The summed E-state index contributed by atoms with van der Waals surface area (Å²) in [6.45, 7) is 7.87. The molecule has 2 heterocycles. The Morgan fingerprint density at radius 1 is 1.10 bits per heavy atom. The Morgan fingerprint density at radius 2 is 1.80 bits per heavy atom. The monoisotopic (exact) mass is 428 g/mol. The standard InChI is InChI=1S/C23H28N2O4S/c1-5-6-9-21(26)24-23-22(30(27,28)20-12-10-16(2)11-13-20)17(3)18(4)25(23)15-19-8-7-14-29-19/h7-8,10-14H,5-6,9,15H2,1-4H3,(H,24,26). The van der Waals surface area contributed by atoms with Gasteiger partial charge in [0.05, 0.1) is 17.7 Å². The number of nitrogens with zero attached hydrogens (tertiary/aromatic N) is 1. The van der Waals surface area contributed by atoms with Gasteiger partial charge < -0.3 is 14.3 Å². The lowest BCUT2D eigenvalue weighted by Crippen LogP contribution is -2.18. The molecule has 0 saturated heterocycles. The molecule has 3 aromatic rings. The van der Waals surface area contributed by atoms with Crippen LogP contribution in [0.2, 0.25) is 0 Å². The zero-order valence-electron chi connectivity index (χ0n) is 17.9. The van der Waals surface area contributed by atoms with Crippen LogP contribution in [-0.4, -0.2) is 18.9 Å². The number of nitrogens with one attached hydrogen (secondary N) is 1. The van der Waals surface area contributed by atoms with Crippen molar-refractivity contribution in [1.29, 1.82) is 0 Å². The molecule has 0 saturated carbocycles. The Kier molecular flexibility index (Phi) is 6.51. The molecule has 1 aromatic carbocycles. The molecule has 0 atom stereocenters. The highest BCUT2D eigenvalue weighted by atomic mass is 32.2. The fourth-order valence-electron chi connectivity index (χ4n) is 3.41. The molecule has 1 N–H and O–H groups in total. The number of carbonyl (C=O) groups excluding carboxylic acids is 1. The summed E-state index contributed by atoms with van der Waals surface area (Å²) in [6, 6.07) is 10.4. The van der Waals surface area contributed by atoms with Crippen molar-refractivity contribution in [3.8, 4) is 0 Å². The van der Waals surface area contributed by atoms with E-state index in [9.17, 15) is 13.2 Å². The van der Waals surface area contributed by atoms with Crippen molar-refractivity contribution in [1.82, 2.24) is 4.57 Å². The highest BCUT2D eigenvalue weighted by molar-refractivity contribution is 7.91. The summed E-state index contributed by atoms with van der Waals surface area (Å²) in [5.74, 6) is 0.773. The smallest absolute Gasteiger partial charge is 0.225 e. The van der Waals surface area contributed by atoms with E-state index in [0.717, 1.165) is 24.1 Å². The van der Waals surface area contributed by atoms with Crippen LogP contribution >= 0.6 is 0 Å². The Morgan fingerprint density at radius 3 is 2.40 bits per heavy atom. The third-order valence-corrected chi connectivity index (χ3v) is 7.21. The van der Waals surface area contributed by atoms with Crippen LogP contribution in [0, 0.1) is 20.8 Å². The molecule has 0 aliphatic carbocycles. The Hall–Kier alpha value is -2.80. The number of hydrogen-bond donors (Lipinski definition) is 1. The van der Waals surface area contributed by atoms with Crippen molar-refractivity contribution in [2.45, 2.75) is 63.3 Å². The first-order valence-electron chi connectivity index (χ1n) is 10.1. The van der Waals surface area contributed by atoms with Crippen LogP contribution in [0.15, 0.2) is 56.9 Å². The van der Waals surface area contributed by atoms with E-state index in [0.29, 0.717) is 30.1 Å². The zero-order valence-corrected chi connectivity index (χ0v) is 18.7. The number of carbonyl (C=O) groups is 1. The van der Waals surface area contributed by atoms with Crippen molar-refractivity contribution in [2.24, 2.45) is 0 Å². The van der Waals surface area contributed by atoms with E-state index in [4.69, 9.17) is 4.42 Å². The molecule has 0 aliphatic rings. The average molecular weight is 429 g/mol. The molecule has 30 heavy (non-hydrogen) atoms. The topological polar surface area (TPSA) is 81.3 Å². The molecule has 7 heteroatoms. The molecule has 2 aromatic heterocycles. The molecular weight excluding hydrogens is 400 g/mol. The van der Waals surface area contributed by atoms with E-state index in [1.54, 1.807) is 48.1 Å². The first kappa shape index (κ1) is 21.9. The molecule has 0 radical (unpaired) electrons. The third kappa shape index (κ3) is 4.36. The largest absolute Gasteiger partial charge is 0.467 e. The van der Waals surface area contributed by atoms with Crippen molar-refractivity contribution in [3.63, 3.8) is 0 Å². The zero-order chi connectivity index (χ0) is 21.9. The van der Waals surface area contributed by atoms with E-state index >= 15 is 0 Å². The number of rotatable bonds is 8. The minimum absolute atomic E-state index is 0.139. The highest BCUT2D eigenvalue weighted by Gasteiger charge is 2.30. The number of amides is 1. The van der Waals surface area contributed by atoms with E-state index in [1.165, 1.54) is 0 Å². The number of hydrogen-bond acceptors (Lipinski definition) is 4. The Bertz CT molecular complexity index is 1130. The van der Waals surface area contributed by atoms with Gasteiger partial charge in [-0.25, -0.2) is 8.42 Å². The molecule has 0 spiro atoms. The maximum atomic E-state index is 13.6. The van der Waals surface area contributed by atoms with Crippen molar-refractivity contribution >= 4 is 21.6 Å². The molecule has 0 bridgehead atoms. The molecule has 0 aliphatic heterocycles. The third-order valence-electron chi connectivity index (χ3n) is 5.28. The average Bonchev–Trinajstić information content (AvgIpc) is 3.30. The van der Waals surface area contributed by atoms with Crippen LogP contribution in [-0.2, 0) is 21.2 Å². The second kappa shape index (κ2) is 8.92. The van der Waals surface area contributed by atoms with Crippen molar-refractivity contribution in [3.05, 3.63) is 65.2 Å². The Labute approximate surface area is 177 Å². The van der Waals surface area contributed by atoms with Gasteiger partial charge in [-0.2, -0.15) is 0 Å². The molecular formula is C23H28N2O4S. The lowest BCUT2D eigenvalue weighted by molar-refractivity contribution is -0.116. The minimum Gasteiger partial charge on any atom is -0.467 e. The highest BCUT2D eigenvalue weighted by Crippen LogP contribution is 2.36. The summed E-state index contributed by atoms with van der Waals surface area (Å²) < 4.78 is 34.4. The molecule has 0 unspecified atom stereocenters. The van der Waals surface area contributed by atoms with Crippen molar-refractivity contribution in [2.75, 3.05) is 5.32 Å². The van der Waals surface area contributed by atoms with Gasteiger partial charge in [0.2, 0.25) is 15.7 Å². The molecule has 0 fully saturated rings. The Balaban J connectivity index is 2.15. The first-order chi connectivity index (χ1) is 14.3.